The molecule has 0 saturated carbocycles. The second-order valence-corrected chi connectivity index (χ2v) is 5.04. The van der Waals surface area contributed by atoms with Crippen molar-refractivity contribution in [2.75, 3.05) is 5.32 Å². The van der Waals surface area contributed by atoms with Gasteiger partial charge in [-0.25, -0.2) is 9.78 Å². The number of hydrogen-bond acceptors (Lipinski definition) is 3. The zero-order valence-corrected chi connectivity index (χ0v) is 12.3. The third-order valence-corrected chi connectivity index (χ3v) is 3.19. The van der Waals surface area contributed by atoms with E-state index in [2.05, 4.69) is 26.2 Å². The molecule has 0 atom stereocenters. The zero-order chi connectivity index (χ0) is 14.7. The van der Waals surface area contributed by atoms with Gasteiger partial charge >= 0.3 is 5.97 Å². The molecule has 0 saturated heterocycles. The molecule has 0 aliphatic rings. The molecule has 0 aliphatic carbocycles. The van der Waals surface area contributed by atoms with E-state index in [1.807, 2.05) is 0 Å². The molecule has 1 aromatic carbocycles. The van der Waals surface area contributed by atoms with Crippen LogP contribution in [0.3, 0.4) is 0 Å². The summed E-state index contributed by atoms with van der Waals surface area (Å²) in [5, 5.41) is 11.6. The van der Waals surface area contributed by atoms with Crippen LogP contribution in [0.4, 0.5) is 5.69 Å². The van der Waals surface area contributed by atoms with Gasteiger partial charge in [0.25, 0.3) is 5.91 Å². The van der Waals surface area contributed by atoms with Gasteiger partial charge in [0.2, 0.25) is 0 Å². The minimum atomic E-state index is -1.12. The Kier molecular flexibility index (Phi) is 4.36. The number of nitrogens with zero attached hydrogens (tertiary/aromatic N) is 1. The van der Waals surface area contributed by atoms with Crippen molar-refractivity contribution < 1.29 is 14.7 Å². The molecule has 20 heavy (non-hydrogen) atoms. The number of halogens is 2. The average Bonchev–Trinajstić information content (AvgIpc) is 2.38. The SMILES string of the molecule is O=C(Nc1ccc(C(=O)O)c(Cl)c1)c1ccnc(Br)c1. The Morgan fingerprint density at radius 3 is 2.60 bits per heavy atom. The highest BCUT2D eigenvalue weighted by Crippen LogP contribution is 2.21. The van der Waals surface area contributed by atoms with Gasteiger partial charge in [-0.3, -0.25) is 4.79 Å². The number of pyridine rings is 1. The second kappa shape index (κ2) is 6.02. The molecule has 0 radical (unpaired) electrons. The Hall–Kier alpha value is -1.92. The van der Waals surface area contributed by atoms with E-state index in [1.165, 1.54) is 24.4 Å². The van der Waals surface area contributed by atoms with Gasteiger partial charge in [0.1, 0.15) is 4.60 Å². The van der Waals surface area contributed by atoms with Crippen LogP contribution in [-0.2, 0) is 0 Å². The van der Waals surface area contributed by atoms with E-state index in [-0.39, 0.29) is 16.5 Å². The Bertz CT molecular complexity index is 691. The molecule has 102 valence electrons. The average molecular weight is 356 g/mol. The largest absolute Gasteiger partial charge is 0.478 e. The first-order valence-corrected chi connectivity index (χ1v) is 6.60. The number of hydrogen-bond donors (Lipinski definition) is 2. The summed E-state index contributed by atoms with van der Waals surface area (Å²) in [7, 11) is 0. The van der Waals surface area contributed by atoms with Gasteiger partial charge in [-0.15, -0.1) is 0 Å². The number of anilines is 1. The quantitative estimate of drug-likeness (QED) is 0.827. The number of aromatic nitrogens is 1. The summed E-state index contributed by atoms with van der Waals surface area (Å²) in [6.45, 7) is 0. The van der Waals surface area contributed by atoms with Crippen molar-refractivity contribution in [1.29, 1.82) is 0 Å². The molecule has 0 spiro atoms. The maximum atomic E-state index is 12.0. The summed E-state index contributed by atoms with van der Waals surface area (Å²) >= 11 is 9.00. The van der Waals surface area contributed by atoms with Crippen LogP contribution >= 0.6 is 27.5 Å². The molecule has 0 fully saturated rings. The van der Waals surface area contributed by atoms with Crippen molar-refractivity contribution >= 4 is 45.1 Å². The van der Waals surface area contributed by atoms with Gasteiger partial charge in [-0.2, -0.15) is 0 Å². The maximum Gasteiger partial charge on any atom is 0.337 e. The van der Waals surface area contributed by atoms with Crippen LogP contribution in [-0.4, -0.2) is 22.0 Å². The Morgan fingerprint density at radius 2 is 2.00 bits per heavy atom. The smallest absolute Gasteiger partial charge is 0.337 e. The molecule has 0 unspecified atom stereocenters. The van der Waals surface area contributed by atoms with E-state index in [4.69, 9.17) is 16.7 Å². The lowest BCUT2D eigenvalue weighted by Crippen LogP contribution is -2.12. The number of nitrogens with one attached hydrogen (secondary N) is 1. The monoisotopic (exact) mass is 354 g/mol. The van der Waals surface area contributed by atoms with Gasteiger partial charge in [-0.05, 0) is 46.3 Å². The Morgan fingerprint density at radius 1 is 1.25 bits per heavy atom. The topological polar surface area (TPSA) is 79.3 Å². The van der Waals surface area contributed by atoms with Crippen LogP contribution in [0.1, 0.15) is 20.7 Å². The van der Waals surface area contributed by atoms with Crippen molar-refractivity contribution in [3.8, 4) is 0 Å². The standard InChI is InChI=1S/C13H8BrClN2O3/c14-11-5-7(3-4-16-11)12(18)17-8-1-2-9(13(19)20)10(15)6-8/h1-6H,(H,17,18)(H,19,20). The van der Waals surface area contributed by atoms with E-state index >= 15 is 0 Å². The van der Waals surface area contributed by atoms with Crippen molar-refractivity contribution in [2.24, 2.45) is 0 Å². The van der Waals surface area contributed by atoms with Gasteiger partial charge in [0.05, 0.1) is 10.6 Å². The Balaban J connectivity index is 2.20. The molecule has 5 nitrogen and oxygen atoms in total. The highest BCUT2D eigenvalue weighted by molar-refractivity contribution is 9.10. The first-order valence-electron chi connectivity index (χ1n) is 5.43. The van der Waals surface area contributed by atoms with Gasteiger partial charge < -0.3 is 10.4 Å². The summed E-state index contributed by atoms with van der Waals surface area (Å²) in [6, 6.07) is 7.33. The predicted octanol–water partition coefficient (Wildman–Crippen LogP) is 3.45. The first kappa shape index (κ1) is 14.5. The van der Waals surface area contributed by atoms with E-state index < -0.39 is 5.97 Å². The molecule has 0 aliphatic heterocycles. The van der Waals surface area contributed by atoms with Gasteiger partial charge in [0, 0.05) is 17.4 Å². The summed E-state index contributed by atoms with van der Waals surface area (Å²) in [6.07, 6.45) is 1.50. The molecule has 2 N–H and O–H groups in total. The van der Waals surface area contributed by atoms with Crippen LogP contribution in [0, 0.1) is 0 Å². The molecule has 2 aromatic rings. The number of amides is 1. The number of benzene rings is 1. The number of aromatic carboxylic acids is 1. The van der Waals surface area contributed by atoms with Crippen molar-refractivity contribution in [3.63, 3.8) is 0 Å². The van der Waals surface area contributed by atoms with Crippen molar-refractivity contribution in [1.82, 2.24) is 4.98 Å². The third kappa shape index (κ3) is 3.34. The molecule has 7 heteroatoms. The first-order chi connectivity index (χ1) is 9.47. The summed E-state index contributed by atoms with van der Waals surface area (Å²) in [5.41, 5.74) is 0.819. The number of carbonyl (C=O) groups excluding carboxylic acids is 1. The minimum absolute atomic E-state index is 0.0173. The van der Waals surface area contributed by atoms with Gasteiger partial charge in [0.15, 0.2) is 0 Å². The fourth-order valence-corrected chi connectivity index (χ4v) is 2.14. The van der Waals surface area contributed by atoms with Crippen LogP contribution in [0.2, 0.25) is 5.02 Å². The summed E-state index contributed by atoms with van der Waals surface area (Å²) in [5.74, 6) is -1.46. The lowest BCUT2D eigenvalue weighted by atomic mass is 10.2. The molecule has 1 amide bonds. The van der Waals surface area contributed by atoms with Crippen molar-refractivity contribution in [2.45, 2.75) is 0 Å². The molecule has 2 rings (SSSR count). The van der Waals surface area contributed by atoms with E-state index in [1.54, 1.807) is 12.1 Å². The molecular formula is C13H8BrClN2O3. The molecule has 1 heterocycles. The zero-order valence-electron chi connectivity index (χ0n) is 9.93. The van der Waals surface area contributed by atoms with Gasteiger partial charge in [-0.1, -0.05) is 11.6 Å². The van der Waals surface area contributed by atoms with Crippen LogP contribution < -0.4 is 5.32 Å². The predicted molar refractivity (Wildman–Crippen MR) is 78.3 cm³/mol. The van der Waals surface area contributed by atoms with E-state index in [9.17, 15) is 9.59 Å². The van der Waals surface area contributed by atoms with Crippen LogP contribution in [0.15, 0.2) is 41.1 Å². The highest BCUT2D eigenvalue weighted by Gasteiger charge is 2.11. The number of carbonyl (C=O) groups is 2. The molecule has 0 bridgehead atoms. The Labute approximate surface area is 127 Å². The number of rotatable bonds is 3. The highest BCUT2D eigenvalue weighted by atomic mass is 79.9. The fraction of sp³-hybridized carbons (Fsp3) is 0. The fourth-order valence-electron chi connectivity index (χ4n) is 1.51. The maximum absolute atomic E-state index is 12.0. The van der Waals surface area contributed by atoms with Crippen LogP contribution in [0.25, 0.3) is 0 Å². The summed E-state index contributed by atoms with van der Waals surface area (Å²) in [4.78, 5) is 26.7. The number of carboxylic acids is 1. The molecular weight excluding hydrogens is 348 g/mol. The lowest BCUT2D eigenvalue weighted by Gasteiger charge is -2.07. The van der Waals surface area contributed by atoms with Crippen molar-refractivity contribution in [3.05, 3.63) is 57.3 Å². The molecule has 1 aromatic heterocycles. The lowest BCUT2D eigenvalue weighted by molar-refractivity contribution is 0.0697. The second-order valence-electron chi connectivity index (χ2n) is 3.82. The van der Waals surface area contributed by atoms with E-state index in [0.29, 0.717) is 15.9 Å². The van der Waals surface area contributed by atoms with Crippen LogP contribution in [0.5, 0.6) is 0 Å². The number of carboxylic acid groups (broad SMARTS) is 1. The minimum Gasteiger partial charge on any atom is -0.478 e. The van der Waals surface area contributed by atoms with E-state index in [0.717, 1.165) is 0 Å². The summed E-state index contributed by atoms with van der Waals surface area (Å²) < 4.78 is 0.546. The normalized spacial score (nSPS) is 10.1. The third-order valence-electron chi connectivity index (χ3n) is 2.45.